The maximum absolute atomic E-state index is 13.0. The van der Waals surface area contributed by atoms with Gasteiger partial charge in [-0.1, -0.05) is 12.1 Å². The number of nitrogens with one attached hydrogen (secondary N) is 1. The zero-order chi connectivity index (χ0) is 15.1. The van der Waals surface area contributed by atoms with Gasteiger partial charge in [0.25, 0.3) is 5.91 Å². The van der Waals surface area contributed by atoms with E-state index in [0.29, 0.717) is 10.9 Å². The minimum atomic E-state index is -0.266. The molecule has 1 aromatic carbocycles. The Bertz CT molecular complexity index is 700. The highest BCUT2D eigenvalue weighted by molar-refractivity contribution is 7.16. The minimum absolute atomic E-state index is 0.0999. The third-order valence-electron chi connectivity index (χ3n) is 4.48. The molecule has 4 rings (SSSR count). The molecule has 3 atom stereocenters. The summed E-state index contributed by atoms with van der Waals surface area (Å²) in [6.45, 7) is 3.21. The van der Waals surface area contributed by atoms with Crippen LogP contribution in [-0.4, -0.2) is 41.5 Å². The van der Waals surface area contributed by atoms with E-state index in [4.69, 9.17) is 0 Å². The number of aromatic nitrogens is 1. The lowest BCUT2D eigenvalue weighted by Gasteiger charge is -2.22. The van der Waals surface area contributed by atoms with E-state index in [0.717, 1.165) is 30.1 Å². The van der Waals surface area contributed by atoms with Gasteiger partial charge in [0.2, 0.25) is 0 Å². The second-order valence-corrected chi connectivity index (χ2v) is 6.96. The SMILES string of the molecule is O=C(NC1CN2CC[C@H]1C2)c1ncc(-c2ccc(F)cc2)s1. The number of thiazole rings is 1. The number of halogens is 1. The number of fused-ring (bicyclic) bond motifs is 2. The lowest BCUT2D eigenvalue weighted by Crippen LogP contribution is -2.43. The van der Waals surface area contributed by atoms with Crippen LogP contribution in [0.15, 0.2) is 30.5 Å². The average molecular weight is 317 g/mol. The van der Waals surface area contributed by atoms with Gasteiger partial charge in [0.05, 0.1) is 4.88 Å². The van der Waals surface area contributed by atoms with Gasteiger partial charge < -0.3 is 10.2 Å². The Labute approximate surface area is 132 Å². The first-order valence-electron chi connectivity index (χ1n) is 7.44. The van der Waals surface area contributed by atoms with Crippen LogP contribution in [0.4, 0.5) is 4.39 Å². The fraction of sp³-hybridized carbons (Fsp3) is 0.375. The molecule has 1 N–H and O–H groups in total. The molecule has 4 nitrogen and oxygen atoms in total. The highest BCUT2D eigenvalue weighted by atomic mass is 32.1. The van der Waals surface area contributed by atoms with Gasteiger partial charge in [-0.05, 0) is 36.6 Å². The number of nitrogens with zero attached hydrogens (tertiary/aromatic N) is 2. The van der Waals surface area contributed by atoms with Crippen molar-refractivity contribution in [1.29, 1.82) is 0 Å². The molecule has 2 aliphatic rings. The van der Waals surface area contributed by atoms with Crippen molar-refractivity contribution in [2.45, 2.75) is 12.5 Å². The zero-order valence-corrected chi connectivity index (χ0v) is 12.8. The highest BCUT2D eigenvalue weighted by Gasteiger charge is 2.38. The van der Waals surface area contributed by atoms with Crippen LogP contribution in [0.1, 0.15) is 16.2 Å². The molecular weight excluding hydrogens is 301 g/mol. The highest BCUT2D eigenvalue weighted by Crippen LogP contribution is 2.29. The van der Waals surface area contributed by atoms with Crippen molar-refractivity contribution in [1.82, 2.24) is 15.2 Å². The van der Waals surface area contributed by atoms with Crippen molar-refractivity contribution in [2.24, 2.45) is 5.92 Å². The van der Waals surface area contributed by atoms with Gasteiger partial charge in [-0.15, -0.1) is 11.3 Å². The molecule has 114 valence electrons. The van der Waals surface area contributed by atoms with Crippen molar-refractivity contribution < 1.29 is 9.18 Å². The zero-order valence-electron chi connectivity index (χ0n) is 12.0. The molecule has 0 saturated carbocycles. The molecule has 6 heteroatoms. The van der Waals surface area contributed by atoms with Crippen LogP contribution in [0.25, 0.3) is 10.4 Å². The topological polar surface area (TPSA) is 45.2 Å². The predicted molar refractivity (Wildman–Crippen MR) is 83.3 cm³/mol. The van der Waals surface area contributed by atoms with E-state index in [1.165, 1.54) is 29.9 Å². The van der Waals surface area contributed by atoms with Crippen LogP contribution in [-0.2, 0) is 0 Å². The Morgan fingerprint density at radius 1 is 1.32 bits per heavy atom. The Morgan fingerprint density at radius 3 is 2.82 bits per heavy atom. The Kier molecular flexibility index (Phi) is 3.43. The fourth-order valence-corrected chi connectivity index (χ4v) is 4.13. The molecule has 2 saturated heterocycles. The smallest absolute Gasteiger partial charge is 0.280 e. The van der Waals surface area contributed by atoms with E-state index in [1.54, 1.807) is 18.3 Å². The largest absolute Gasteiger partial charge is 0.346 e. The molecule has 2 aromatic rings. The average Bonchev–Trinajstić information content (AvgIpc) is 3.24. The van der Waals surface area contributed by atoms with Crippen LogP contribution in [0.2, 0.25) is 0 Å². The first-order chi connectivity index (χ1) is 10.7. The van der Waals surface area contributed by atoms with E-state index >= 15 is 0 Å². The van der Waals surface area contributed by atoms with Crippen molar-refractivity contribution in [3.05, 3.63) is 41.3 Å². The van der Waals surface area contributed by atoms with Crippen LogP contribution in [0.3, 0.4) is 0 Å². The Hall–Kier alpha value is -1.79. The van der Waals surface area contributed by atoms with Crippen molar-refractivity contribution in [3.8, 4) is 10.4 Å². The molecule has 22 heavy (non-hydrogen) atoms. The molecule has 0 spiro atoms. The summed E-state index contributed by atoms with van der Waals surface area (Å²) in [5, 5.41) is 3.58. The predicted octanol–water partition coefficient (Wildman–Crippen LogP) is 2.38. The molecular formula is C16H16FN3OS. The second-order valence-electron chi connectivity index (χ2n) is 5.92. The molecule has 0 aliphatic carbocycles. The maximum atomic E-state index is 13.0. The van der Waals surface area contributed by atoms with E-state index in [-0.39, 0.29) is 17.8 Å². The summed E-state index contributed by atoms with van der Waals surface area (Å²) < 4.78 is 13.0. The maximum Gasteiger partial charge on any atom is 0.280 e. The van der Waals surface area contributed by atoms with Gasteiger partial charge >= 0.3 is 0 Å². The number of carbonyl (C=O) groups excluding carboxylic acids is 1. The molecule has 2 fully saturated rings. The molecule has 3 heterocycles. The number of amides is 1. The second kappa shape index (κ2) is 5.44. The molecule has 2 aliphatic heterocycles. The normalized spacial score (nSPS) is 26.3. The number of hydrogen-bond donors (Lipinski definition) is 1. The number of carbonyl (C=O) groups is 1. The van der Waals surface area contributed by atoms with Crippen molar-refractivity contribution >= 4 is 17.2 Å². The minimum Gasteiger partial charge on any atom is -0.346 e. The van der Waals surface area contributed by atoms with E-state index in [9.17, 15) is 9.18 Å². The Morgan fingerprint density at radius 2 is 2.14 bits per heavy atom. The molecule has 2 bridgehead atoms. The molecule has 0 radical (unpaired) electrons. The summed E-state index contributed by atoms with van der Waals surface area (Å²) in [5.74, 6) is 0.218. The fourth-order valence-electron chi connectivity index (χ4n) is 3.30. The van der Waals surface area contributed by atoms with Crippen molar-refractivity contribution in [3.63, 3.8) is 0 Å². The first kappa shape index (κ1) is 13.8. The van der Waals surface area contributed by atoms with Gasteiger partial charge in [0.15, 0.2) is 5.01 Å². The summed E-state index contributed by atoms with van der Waals surface area (Å²) >= 11 is 1.34. The van der Waals surface area contributed by atoms with Gasteiger partial charge in [0, 0.05) is 25.3 Å². The van der Waals surface area contributed by atoms with Crippen LogP contribution < -0.4 is 5.32 Å². The van der Waals surface area contributed by atoms with Crippen LogP contribution in [0.5, 0.6) is 0 Å². The van der Waals surface area contributed by atoms with Gasteiger partial charge in [-0.2, -0.15) is 0 Å². The third kappa shape index (κ3) is 2.53. The monoisotopic (exact) mass is 317 g/mol. The standard InChI is InChI=1S/C16H16FN3OS/c17-12-3-1-10(2-4-12)14-7-18-16(22-14)15(21)19-13-9-20-6-5-11(13)8-20/h1-4,7,11,13H,5-6,8-9H2,(H,19,21)/t11-,13?/m0/s1. The quantitative estimate of drug-likeness (QED) is 0.945. The van der Waals surface area contributed by atoms with Gasteiger partial charge in [0.1, 0.15) is 5.82 Å². The van der Waals surface area contributed by atoms with E-state index < -0.39 is 0 Å². The third-order valence-corrected chi connectivity index (χ3v) is 5.52. The van der Waals surface area contributed by atoms with Crippen LogP contribution in [0, 0.1) is 11.7 Å². The van der Waals surface area contributed by atoms with Crippen LogP contribution >= 0.6 is 11.3 Å². The number of piperidine rings is 1. The lowest BCUT2D eigenvalue weighted by molar-refractivity contribution is 0.0924. The molecule has 1 aromatic heterocycles. The van der Waals surface area contributed by atoms with Crippen molar-refractivity contribution in [2.75, 3.05) is 19.6 Å². The first-order valence-corrected chi connectivity index (χ1v) is 8.26. The number of rotatable bonds is 3. The summed E-state index contributed by atoms with van der Waals surface area (Å²) in [6.07, 6.45) is 2.85. The molecule has 2 unspecified atom stereocenters. The number of hydrogen-bond acceptors (Lipinski definition) is 4. The van der Waals surface area contributed by atoms with E-state index in [2.05, 4.69) is 15.2 Å². The summed E-state index contributed by atoms with van der Waals surface area (Å²) in [6, 6.07) is 6.48. The summed E-state index contributed by atoms with van der Waals surface area (Å²) in [4.78, 5) is 19.8. The number of benzene rings is 1. The van der Waals surface area contributed by atoms with Gasteiger partial charge in [-0.25, -0.2) is 9.37 Å². The Balaban J connectivity index is 1.46. The lowest BCUT2D eigenvalue weighted by atomic mass is 10.0. The summed E-state index contributed by atoms with van der Waals surface area (Å²) in [7, 11) is 0. The summed E-state index contributed by atoms with van der Waals surface area (Å²) in [5.41, 5.74) is 0.879. The van der Waals surface area contributed by atoms with E-state index in [1.807, 2.05) is 0 Å². The van der Waals surface area contributed by atoms with Gasteiger partial charge in [-0.3, -0.25) is 4.79 Å². The molecule has 1 amide bonds.